The van der Waals surface area contributed by atoms with Gasteiger partial charge in [-0.05, 0) is 41.5 Å². The molecule has 0 heterocycles. The maximum atomic E-state index is 13.3. The monoisotopic (exact) mass is 490 g/mol. The quantitative estimate of drug-likeness (QED) is 0.178. The SMILES string of the molecule is CC(C)[C@@H](N=[N+]=[N-])C(=O)N[C@H](C(=O)N[C@@H](Cc1ccc(O)cc1)C(=O)N[C@@H](C)C(=O)O)C(C)(C)C. The number of azide groups is 1. The van der Waals surface area contributed by atoms with Crippen molar-refractivity contribution < 1.29 is 29.4 Å². The van der Waals surface area contributed by atoms with Crippen LogP contribution in [0.25, 0.3) is 10.4 Å². The minimum atomic E-state index is -1.24. The first-order chi connectivity index (χ1) is 16.2. The minimum absolute atomic E-state index is 0.00233. The van der Waals surface area contributed by atoms with Gasteiger partial charge in [-0.15, -0.1) is 0 Å². The van der Waals surface area contributed by atoms with Gasteiger partial charge in [0.2, 0.25) is 17.7 Å². The van der Waals surface area contributed by atoms with Gasteiger partial charge in [-0.1, -0.05) is 51.9 Å². The van der Waals surface area contributed by atoms with E-state index in [-0.39, 0.29) is 18.1 Å². The molecule has 192 valence electrons. The van der Waals surface area contributed by atoms with Gasteiger partial charge in [0.05, 0.1) is 0 Å². The number of phenols is 1. The highest BCUT2D eigenvalue weighted by Gasteiger charge is 2.37. The Hall–Kier alpha value is -3.79. The van der Waals surface area contributed by atoms with Crippen LogP contribution in [0, 0.1) is 11.3 Å². The number of amides is 3. The molecule has 4 atom stereocenters. The van der Waals surface area contributed by atoms with E-state index in [1.807, 2.05) is 0 Å². The van der Waals surface area contributed by atoms with Crippen LogP contribution in [0.1, 0.15) is 47.1 Å². The number of carboxylic acid groups (broad SMARTS) is 1. The Kier molecular flexibility index (Phi) is 10.5. The predicted molar refractivity (Wildman–Crippen MR) is 128 cm³/mol. The smallest absolute Gasteiger partial charge is 0.325 e. The van der Waals surface area contributed by atoms with Crippen LogP contribution in [-0.4, -0.2) is 58.1 Å². The molecule has 3 amide bonds. The number of nitrogens with zero attached hydrogens (tertiary/aromatic N) is 3. The summed E-state index contributed by atoms with van der Waals surface area (Å²) in [4.78, 5) is 52.8. The van der Waals surface area contributed by atoms with Crippen molar-refractivity contribution in [1.82, 2.24) is 16.0 Å². The molecule has 0 aliphatic rings. The number of hydrogen-bond acceptors (Lipinski definition) is 6. The molecule has 0 bridgehead atoms. The molecular formula is C23H34N6O6. The average Bonchev–Trinajstić information content (AvgIpc) is 2.75. The molecule has 0 saturated carbocycles. The lowest BCUT2D eigenvalue weighted by Gasteiger charge is -2.33. The van der Waals surface area contributed by atoms with Crippen molar-refractivity contribution in [1.29, 1.82) is 0 Å². The number of carbonyl (C=O) groups is 4. The van der Waals surface area contributed by atoms with Crippen LogP contribution >= 0.6 is 0 Å². The van der Waals surface area contributed by atoms with E-state index in [0.717, 1.165) is 0 Å². The molecule has 1 rings (SSSR count). The summed E-state index contributed by atoms with van der Waals surface area (Å²) in [6.45, 7) is 9.85. The number of phenolic OH excluding ortho intramolecular Hbond substituents is 1. The zero-order chi connectivity index (χ0) is 26.9. The molecule has 0 aliphatic carbocycles. The number of carboxylic acids is 1. The zero-order valence-corrected chi connectivity index (χ0v) is 20.8. The molecule has 1 aromatic rings. The second kappa shape index (κ2) is 12.6. The van der Waals surface area contributed by atoms with E-state index in [1.165, 1.54) is 19.1 Å². The summed E-state index contributed by atoms with van der Waals surface area (Å²) in [5, 5.41) is 29.7. The van der Waals surface area contributed by atoms with E-state index in [1.54, 1.807) is 46.8 Å². The maximum Gasteiger partial charge on any atom is 0.325 e. The van der Waals surface area contributed by atoms with Crippen LogP contribution in [0.15, 0.2) is 29.4 Å². The molecule has 0 radical (unpaired) electrons. The highest BCUT2D eigenvalue weighted by Crippen LogP contribution is 2.21. The molecule has 35 heavy (non-hydrogen) atoms. The molecule has 0 fully saturated rings. The highest BCUT2D eigenvalue weighted by atomic mass is 16.4. The number of rotatable bonds is 11. The van der Waals surface area contributed by atoms with E-state index < -0.39 is 53.3 Å². The number of aromatic hydroxyl groups is 1. The summed E-state index contributed by atoms with van der Waals surface area (Å²) >= 11 is 0. The zero-order valence-electron chi connectivity index (χ0n) is 20.8. The molecule has 0 saturated heterocycles. The standard InChI is InChI=1S/C23H34N6O6/c1-12(2)17(28-29-24)20(32)27-18(23(4,5)6)21(33)26-16(19(31)25-13(3)22(34)35)11-14-7-9-15(30)10-8-14/h7-10,12-13,16-18,30H,11H2,1-6H3,(H,25,31)(H,26,33)(H,27,32)(H,34,35)/t13-,16-,17+,18+/m0/s1. The molecule has 0 aromatic heterocycles. The first-order valence-electron chi connectivity index (χ1n) is 11.1. The van der Waals surface area contributed by atoms with Crippen molar-refractivity contribution in [2.24, 2.45) is 16.4 Å². The minimum Gasteiger partial charge on any atom is -0.508 e. The van der Waals surface area contributed by atoms with Crippen LogP contribution in [0.4, 0.5) is 0 Å². The fraction of sp³-hybridized carbons (Fsp3) is 0.565. The lowest BCUT2D eigenvalue weighted by Crippen LogP contribution is -2.60. The second-order valence-electron chi connectivity index (χ2n) is 9.70. The van der Waals surface area contributed by atoms with Gasteiger partial charge in [-0.25, -0.2) is 0 Å². The fourth-order valence-electron chi connectivity index (χ4n) is 3.15. The summed E-state index contributed by atoms with van der Waals surface area (Å²) in [7, 11) is 0. The number of aliphatic carboxylic acids is 1. The van der Waals surface area contributed by atoms with Crippen LogP contribution in [0.5, 0.6) is 5.75 Å². The fourth-order valence-corrected chi connectivity index (χ4v) is 3.15. The summed E-state index contributed by atoms with van der Waals surface area (Å²) in [5.41, 5.74) is 8.60. The molecule has 1 aromatic carbocycles. The van der Waals surface area contributed by atoms with E-state index >= 15 is 0 Å². The van der Waals surface area contributed by atoms with Crippen molar-refractivity contribution in [2.45, 2.75) is 72.1 Å². The van der Waals surface area contributed by atoms with Crippen molar-refractivity contribution in [3.63, 3.8) is 0 Å². The van der Waals surface area contributed by atoms with Crippen LogP contribution in [0.2, 0.25) is 0 Å². The number of hydrogen-bond donors (Lipinski definition) is 5. The van der Waals surface area contributed by atoms with Crippen LogP contribution in [0.3, 0.4) is 0 Å². The summed E-state index contributed by atoms with van der Waals surface area (Å²) in [6.07, 6.45) is 0.00233. The van der Waals surface area contributed by atoms with E-state index in [2.05, 4.69) is 26.0 Å². The Labute approximate surface area is 204 Å². The summed E-state index contributed by atoms with van der Waals surface area (Å²) < 4.78 is 0. The maximum absolute atomic E-state index is 13.3. The predicted octanol–water partition coefficient (Wildman–Crippen LogP) is 1.87. The van der Waals surface area contributed by atoms with Gasteiger partial charge < -0.3 is 26.2 Å². The lowest BCUT2D eigenvalue weighted by molar-refractivity contribution is -0.142. The molecule has 0 unspecified atom stereocenters. The number of nitrogens with one attached hydrogen (secondary N) is 3. The third-order valence-corrected chi connectivity index (χ3v) is 5.23. The van der Waals surface area contributed by atoms with Gasteiger partial charge in [0.15, 0.2) is 0 Å². The molecular weight excluding hydrogens is 456 g/mol. The largest absolute Gasteiger partial charge is 0.508 e. The topological polar surface area (TPSA) is 194 Å². The van der Waals surface area contributed by atoms with Crippen LogP contribution < -0.4 is 16.0 Å². The molecule has 0 spiro atoms. The van der Waals surface area contributed by atoms with E-state index in [4.69, 9.17) is 10.6 Å². The van der Waals surface area contributed by atoms with Crippen molar-refractivity contribution >= 4 is 23.7 Å². The van der Waals surface area contributed by atoms with Gasteiger partial charge >= 0.3 is 5.97 Å². The van der Waals surface area contributed by atoms with Crippen LogP contribution in [-0.2, 0) is 25.6 Å². The van der Waals surface area contributed by atoms with Crippen molar-refractivity contribution in [2.75, 3.05) is 0 Å². The molecule has 12 nitrogen and oxygen atoms in total. The molecule has 0 aliphatic heterocycles. The normalized spacial score (nSPS) is 14.6. The highest BCUT2D eigenvalue weighted by molar-refractivity contribution is 5.94. The van der Waals surface area contributed by atoms with Gasteiger partial charge in [0.25, 0.3) is 0 Å². The Morgan fingerprint density at radius 3 is 2.00 bits per heavy atom. The van der Waals surface area contributed by atoms with Gasteiger partial charge in [0.1, 0.15) is 29.9 Å². The molecule has 5 N–H and O–H groups in total. The number of carbonyl (C=O) groups excluding carboxylic acids is 3. The second-order valence-corrected chi connectivity index (χ2v) is 9.70. The van der Waals surface area contributed by atoms with Crippen molar-refractivity contribution in [3.8, 4) is 5.75 Å². The lowest BCUT2D eigenvalue weighted by atomic mass is 9.85. The first kappa shape index (κ1) is 29.2. The van der Waals surface area contributed by atoms with Crippen molar-refractivity contribution in [3.05, 3.63) is 40.3 Å². The van der Waals surface area contributed by atoms with E-state index in [9.17, 15) is 24.3 Å². The molecule has 12 heteroatoms. The Morgan fingerprint density at radius 2 is 1.54 bits per heavy atom. The Balaban J connectivity index is 3.21. The van der Waals surface area contributed by atoms with Gasteiger partial charge in [0, 0.05) is 11.3 Å². The van der Waals surface area contributed by atoms with Gasteiger partial charge in [-0.2, -0.15) is 0 Å². The Bertz CT molecular complexity index is 966. The summed E-state index contributed by atoms with van der Waals surface area (Å²) in [5.74, 6) is -3.57. The average molecular weight is 491 g/mol. The Morgan fingerprint density at radius 1 is 0.971 bits per heavy atom. The third kappa shape index (κ3) is 9.17. The van der Waals surface area contributed by atoms with E-state index in [0.29, 0.717) is 5.56 Å². The number of benzene rings is 1. The summed E-state index contributed by atoms with van der Waals surface area (Å²) in [6, 6.07) is 1.47. The third-order valence-electron chi connectivity index (χ3n) is 5.23. The first-order valence-corrected chi connectivity index (χ1v) is 11.1. The van der Waals surface area contributed by atoms with Gasteiger partial charge in [-0.3, -0.25) is 19.2 Å².